The largest absolute Gasteiger partial charge is 0.347 e. The van der Waals surface area contributed by atoms with Crippen molar-refractivity contribution >= 4 is 11.5 Å². The van der Waals surface area contributed by atoms with E-state index in [1.807, 2.05) is 0 Å². The van der Waals surface area contributed by atoms with Crippen LogP contribution < -0.4 is 21.2 Å². The topological polar surface area (TPSA) is 81.6 Å². The Labute approximate surface area is 78.8 Å². The molecule has 76 valence electrons. The van der Waals surface area contributed by atoms with Crippen LogP contribution in [0.1, 0.15) is 0 Å². The molecule has 0 saturated heterocycles. The molecular weight excluding hydrogens is 188 g/mol. The van der Waals surface area contributed by atoms with Gasteiger partial charge in [-0.1, -0.05) is 0 Å². The molecule has 2 N–H and O–H groups in total. The molecule has 0 spiro atoms. The van der Waals surface area contributed by atoms with Crippen LogP contribution in [-0.4, -0.2) is 28.5 Å². The molecule has 0 unspecified atom stereocenters. The third kappa shape index (κ3) is 0.956. The first-order chi connectivity index (χ1) is 6.52. The van der Waals surface area contributed by atoms with E-state index < -0.39 is 11.2 Å². The number of hydrogen-bond donors (Lipinski definition) is 2. The number of nitrogens with one attached hydrogen (secondary N) is 1. The molecule has 1 aromatic heterocycles. The second-order valence-electron chi connectivity index (χ2n) is 3.23. The van der Waals surface area contributed by atoms with Crippen molar-refractivity contribution in [1.82, 2.24) is 9.55 Å². The van der Waals surface area contributed by atoms with E-state index in [-0.39, 0.29) is 12.5 Å². The number of hydrogen-bond acceptors (Lipinski definition) is 5. The molecule has 1 aliphatic rings. The second kappa shape index (κ2) is 2.61. The third-order valence-corrected chi connectivity index (χ3v) is 2.24. The Balaban J connectivity index is 2.86. The summed E-state index contributed by atoms with van der Waals surface area (Å²) in [4.78, 5) is 26.3. The number of H-pyrrole nitrogens is 1. The van der Waals surface area contributed by atoms with Gasteiger partial charge in [0.05, 0.1) is 0 Å². The zero-order valence-electron chi connectivity index (χ0n) is 7.81. The van der Waals surface area contributed by atoms with Crippen molar-refractivity contribution in [3.8, 4) is 0 Å². The van der Waals surface area contributed by atoms with Crippen LogP contribution in [0.4, 0.5) is 11.5 Å². The number of aromatic amines is 1. The van der Waals surface area contributed by atoms with Gasteiger partial charge in [0.15, 0.2) is 5.82 Å². The SMILES string of the molecule is CN1CN(O)c2c1c(=O)[nH]c(=O)n2C. The predicted molar refractivity (Wildman–Crippen MR) is 49.8 cm³/mol. The summed E-state index contributed by atoms with van der Waals surface area (Å²) in [6, 6.07) is 0. The molecule has 2 heterocycles. The fourth-order valence-corrected chi connectivity index (χ4v) is 1.57. The molecule has 0 amide bonds. The molecule has 0 fully saturated rings. The maximum absolute atomic E-state index is 11.4. The van der Waals surface area contributed by atoms with Crippen LogP contribution in [-0.2, 0) is 7.05 Å². The lowest BCUT2D eigenvalue weighted by atomic mass is 10.4. The lowest BCUT2D eigenvalue weighted by Gasteiger charge is -2.10. The fraction of sp³-hybridized carbons (Fsp3) is 0.429. The van der Waals surface area contributed by atoms with Crippen LogP contribution in [0.2, 0.25) is 0 Å². The molecule has 7 nitrogen and oxygen atoms in total. The Morgan fingerprint density at radius 1 is 1.36 bits per heavy atom. The molecule has 0 aliphatic carbocycles. The Morgan fingerprint density at radius 3 is 2.64 bits per heavy atom. The standard InChI is InChI=1S/C7H10N4O3/c1-9-3-11(14)6-4(9)5(12)8-7(13)10(6)2/h14H,3H2,1-2H3,(H,8,12,13). The van der Waals surface area contributed by atoms with Gasteiger partial charge in [-0.2, -0.15) is 0 Å². The molecular formula is C7H10N4O3. The van der Waals surface area contributed by atoms with E-state index in [4.69, 9.17) is 0 Å². The van der Waals surface area contributed by atoms with E-state index in [2.05, 4.69) is 4.98 Å². The van der Waals surface area contributed by atoms with Crippen LogP contribution >= 0.6 is 0 Å². The van der Waals surface area contributed by atoms with Crippen molar-refractivity contribution in [1.29, 1.82) is 0 Å². The van der Waals surface area contributed by atoms with Gasteiger partial charge in [-0.25, -0.2) is 9.86 Å². The average Bonchev–Trinajstić information content (AvgIpc) is 2.38. The lowest BCUT2D eigenvalue weighted by Crippen LogP contribution is -2.31. The van der Waals surface area contributed by atoms with Crippen molar-refractivity contribution in [2.45, 2.75) is 0 Å². The summed E-state index contributed by atoms with van der Waals surface area (Å²) >= 11 is 0. The maximum atomic E-state index is 11.4. The molecule has 7 heteroatoms. The number of aromatic nitrogens is 2. The molecule has 1 aliphatic heterocycles. The summed E-state index contributed by atoms with van der Waals surface area (Å²) in [6.45, 7) is 0.176. The van der Waals surface area contributed by atoms with E-state index in [1.54, 1.807) is 11.9 Å². The highest BCUT2D eigenvalue weighted by Crippen LogP contribution is 2.27. The second-order valence-corrected chi connectivity index (χ2v) is 3.23. The third-order valence-electron chi connectivity index (χ3n) is 2.24. The zero-order valence-corrected chi connectivity index (χ0v) is 7.81. The normalized spacial score (nSPS) is 14.8. The summed E-state index contributed by atoms with van der Waals surface area (Å²) < 4.78 is 1.19. The highest BCUT2D eigenvalue weighted by Gasteiger charge is 2.28. The van der Waals surface area contributed by atoms with Crippen LogP contribution in [0.25, 0.3) is 0 Å². The van der Waals surface area contributed by atoms with Gasteiger partial charge in [0.1, 0.15) is 12.4 Å². The van der Waals surface area contributed by atoms with Crippen molar-refractivity contribution in [2.24, 2.45) is 7.05 Å². The molecule has 0 atom stereocenters. The van der Waals surface area contributed by atoms with Gasteiger partial charge >= 0.3 is 5.69 Å². The number of nitrogens with zero attached hydrogens (tertiary/aromatic N) is 3. The number of hydroxylamine groups is 1. The Hall–Kier alpha value is -1.76. The van der Waals surface area contributed by atoms with Crippen LogP contribution in [0.15, 0.2) is 9.59 Å². The Bertz CT molecular complexity index is 489. The van der Waals surface area contributed by atoms with Gasteiger partial charge in [-0.3, -0.25) is 19.6 Å². The average molecular weight is 198 g/mol. The first kappa shape index (κ1) is 8.82. The number of rotatable bonds is 0. The molecule has 1 aromatic rings. The smallest absolute Gasteiger partial charge is 0.329 e. The monoisotopic (exact) mass is 198 g/mol. The van der Waals surface area contributed by atoms with Crippen molar-refractivity contribution < 1.29 is 5.21 Å². The molecule has 14 heavy (non-hydrogen) atoms. The minimum atomic E-state index is -0.539. The maximum Gasteiger partial charge on any atom is 0.329 e. The van der Waals surface area contributed by atoms with E-state index in [0.717, 1.165) is 5.06 Å². The summed E-state index contributed by atoms with van der Waals surface area (Å²) in [7, 11) is 3.15. The molecule has 2 rings (SSSR count). The quantitative estimate of drug-likeness (QED) is 0.540. The highest BCUT2D eigenvalue weighted by molar-refractivity contribution is 5.69. The van der Waals surface area contributed by atoms with Gasteiger partial charge in [0, 0.05) is 14.1 Å². The van der Waals surface area contributed by atoms with Gasteiger partial charge in [-0.15, -0.1) is 0 Å². The van der Waals surface area contributed by atoms with Crippen molar-refractivity contribution in [3.63, 3.8) is 0 Å². The molecule has 0 saturated carbocycles. The van der Waals surface area contributed by atoms with Crippen LogP contribution in [0, 0.1) is 0 Å². The first-order valence-corrected chi connectivity index (χ1v) is 4.03. The molecule has 0 bridgehead atoms. The van der Waals surface area contributed by atoms with Crippen LogP contribution in [0.5, 0.6) is 0 Å². The molecule has 0 aromatic carbocycles. The van der Waals surface area contributed by atoms with Crippen LogP contribution in [0.3, 0.4) is 0 Å². The minimum absolute atomic E-state index is 0.176. The summed E-state index contributed by atoms with van der Waals surface area (Å²) in [5.74, 6) is 0.223. The van der Waals surface area contributed by atoms with Gasteiger partial charge in [-0.05, 0) is 0 Å². The zero-order chi connectivity index (χ0) is 10.5. The van der Waals surface area contributed by atoms with Crippen molar-refractivity contribution in [3.05, 3.63) is 20.8 Å². The van der Waals surface area contributed by atoms with Gasteiger partial charge in [0.2, 0.25) is 0 Å². The summed E-state index contributed by atoms with van der Waals surface area (Å²) in [6.07, 6.45) is 0. The summed E-state index contributed by atoms with van der Waals surface area (Å²) in [5, 5.41) is 10.3. The molecule has 0 radical (unpaired) electrons. The Kier molecular flexibility index (Phi) is 1.65. The fourth-order valence-electron chi connectivity index (χ4n) is 1.57. The van der Waals surface area contributed by atoms with E-state index in [0.29, 0.717) is 5.69 Å². The summed E-state index contributed by atoms with van der Waals surface area (Å²) in [5.41, 5.74) is -0.722. The van der Waals surface area contributed by atoms with Gasteiger partial charge < -0.3 is 4.90 Å². The predicted octanol–water partition coefficient (Wildman–Crippen LogP) is -1.32. The van der Waals surface area contributed by atoms with E-state index in [1.165, 1.54) is 11.6 Å². The number of anilines is 2. The number of fused-ring (bicyclic) bond motifs is 1. The van der Waals surface area contributed by atoms with Gasteiger partial charge in [0.25, 0.3) is 5.56 Å². The minimum Gasteiger partial charge on any atom is -0.347 e. The lowest BCUT2D eigenvalue weighted by molar-refractivity contribution is 0.257. The van der Waals surface area contributed by atoms with E-state index >= 15 is 0 Å². The Morgan fingerprint density at radius 2 is 2.00 bits per heavy atom. The first-order valence-electron chi connectivity index (χ1n) is 4.03. The van der Waals surface area contributed by atoms with E-state index in [9.17, 15) is 14.8 Å². The highest BCUT2D eigenvalue weighted by atomic mass is 16.5. The van der Waals surface area contributed by atoms with Crippen molar-refractivity contribution in [2.75, 3.05) is 23.7 Å².